The Balaban J connectivity index is 1.63. The van der Waals surface area contributed by atoms with Crippen molar-refractivity contribution in [2.75, 3.05) is 69.7 Å². The van der Waals surface area contributed by atoms with Crippen molar-refractivity contribution in [3.8, 4) is 0 Å². The molecule has 36 heavy (non-hydrogen) atoms. The van der Waals surface area contributed by atoms with Gasteiger partial charge in [-0.25, -0.2) is 13.6 Å². The first kappa shape index (κ1) is 25.4. The van der Waals surface area contributed by atoms with Crippen molar-refractivity contribution in [1.29, 1.82) is 0 Å². The summed E-state index contributed by atoms with van der Waals surface area (Å²) >= 11 is 0. The molecular weight excluding hydrogens is 472 g/mol. The number of carbonyl (C=O) groups excluding carboxylic acids is 3. The lowest BCUT2D eigenvalue weighted by Gasteiger charge is -2.29. The molecule has 11 heteroatoms. The molecule has 2 aromatic carbocycles. The van der Waals surface area contributed by atoms with Crippen LogP contribution < -0.4 is 15.5 Å². The summed E-state index contributed by atoms with van der Waals surface area (Å²) in [6.07, 6.45) is 0.259. The highest BCUT2D eigenvalue weighted by molar-refractivity contribution is 6.07. The second-order valence-electron chi connectivity index (χ2n) is 8.68. The van der Waals surface area contributed by atoms with E-state index in [0.717, 1.165) is 12.1 Å². The molecule has 0 saturated carbocycles. The number of methoxy groups -OCH3 is 1. The molecule has 2 saturated heterocycles. The van der Waals surface area contributed by atoms with E-state index >= 15 is 0 Å². The summed E-state index contributed by atoms with van der Waals surface area (Å²) in [7, 11) is 1.34. The number of hydrogen-bond donors (Lipinski definition) is 2. The SMILES string of the molecule is COC(=O)N1CCCN(c2ccc(C(=O)N3CCNCC3)cc2NC(=O)c2cc(F)cc(F)c2)CC1. The summed E-state index contributed by atoms with van der Waals surface area (Å²) in [4.78, 5) is 43.4. The van der Waals surface area contributed by atoms with E-state index in [1.807, 2.05) is 4.90 Å². The van der Waals surface area contributed by atoms with Crippen LogP contribution in [0.25, 0.3) is 0 Å². The van der Waals surface area contributed by atoms with Crippen LogP contribution in [-0.4, -0.2) is 87.2 Å². The molecule has 3 amide bonds. The van der Waals surface area contributed by atoms with E-state index in [-0.39, 0.29) is 11.5 Å². The van der Waals surface area contributed by atoms with Crippen LogP contribution in [0.1, 0.15) is 27.1 Å². The van der Waals surface area contributed by atoms with Crippen molar-refractivity contribution < 1.29 is 27.9 Å². The predicted octanol–water partition coefficient (Wildman–Crippen LogP) is 2.54. The molecule has 0 unspecified atom stereocenters. The molecule has 0 aliphatic carbocycles. The molecule has 2 fully saturated rings. The first-order valence-corrected chi connectivity index (χ1v) is 11.8. The van der Waals surface area contributed by atoms with Gasteiger partial charge in [0.1, 0.15) is 11.6 Å². The van der Waals surface area contributed by atoms with Gasteiger partial charge in [0.05, 0.1) is 18.5 Å². The van der Waals surface area contributed by atoms with Gasteiger partial charge in [-0.2, -0.15) is 0 Å². The Morgan fingerprint density at radius 1 is 0.861 bits per heavy atom. The van der Waals surface area contributed by atoms with Crippen LogP contribution in [0, 0.1) is 11.6 Å². The van der Waals surface area contributed by atoms with Gasteiger partial charge < -0.3 is 30.1 Å². The molecule has 9 nitrogen and oxygen atoms in total. The average Bonchev–Trinajstić information content (AvgIpc) is 3.14. The maximum absolute atomic E-state index is 13.7. The molecule has 0 spiro atoms. The Hall–Kier alpha value is -3.73. The third-order valence-corrected chi connectivity index (χ3v) is 6.29. The third kappa shape index (κ3) is 5.91. The zero-order valence-corrected chi connectivity index (χ0v) is 20.1. The molecule has 0 atom stereocenters. The monoisotopic (exact) mass is 501 g/mol. The molecule has 2 N–H and O–H groups in total. The highest BCUT2D eigenvalue weighted by Crippen LogP contribution is 2.30. The van der Waals surface area contributed by atoms with Crippen LogP contribution in [0.3, 0.4) is 0 Å². The fraction of sp³-hybridized carbons (Fsp3) is 0.400. The molecule has 2 aliphatic rings. The lowest BCUT2D eigenvalue weighted by Crippen LogP contribution is -2.46. The van der Waals surface area contributed by atoms with Crippen LogP contribution in [0.15, 0.2) is 36.4 Å². The number of nitrogens with zero attached hydrogens (tertiary/aromatic N) is 3. The molecule has 2 aliphatic heterocycles. The van der Waals surface area contributed by atoms with Crippen molar-refractivity contribution in [3.05, 3.63) is 59.2 Å². The minimum absolute atomic E-state index is 0.164. The first-order chi connectivity index (χ1) is 17.4. The van der Waals surface area contributed by atoms with Crippen molar-refractivity contribution in [1.82, 2.24) is 15.1 Å². The van der Waals surface area contributed by atoms with Gasteiger partial charge in [-0.3, -0.25) is 9.59 Å². The Morgan fingerprint density at radius 2 is 1.58 bits per heavy atom. The van der Waals surface area contributed by atoms with E-state index in [1.54, 1.807) is 28.0 Å². The second kappa shape index (κ2) is 11.3. The standard InChI is InChI=1S/C25H29F2N5O4/c1-36-25(35)32-8-2-7-30(11-12-32)22-4-3-17(24(34)31-9-5-28-6-10-31)15-21(22)29-23(33)18-13-19(26)16-20(27)14-18/h3-4,13-16,28H,2,5-12H2,1H3,(H,29,33). The third-order valence-electron chi connectivity index (χ3n) is 6.29. The lowest BCUT2D eigenvalue weighted by molar-refractivity contribution is 0.0735. The van der Waals surface area contributed by atoms with Gasteiger partial charge >= 0.3 is 6.09 Å². The molecule has 2 heterocycles. The summed E-state index contributed by atoms with van der Waals surface area (Å²) in [5, 5.41) is 5.94. The van der Waals surface area contributed by atoms with Crippen molar-refractivity contribution in [2.45, 2.75) is 6.42 Å². The number of hydrogen-bond acceptors (Lipinski definition) is 6. The Morgan fingerprint density at radius 3 is 2.28 bits per heavy atom. The zero-order valence-electron chi connectivity index (χ0n) is 20.1. The number of ether oxygens (including phenoxy) is 1. The van der Waals surface area contributed by atoms with Gasteiger partial charge in [0, 0.05) is 69.6 Å². The van der Waals surface area contributed by atoms with Crippen LogP contribution in [-0.2, 0) is 4.74 Å². The van der Waals surface area contributed by atoms with Crippen LogP contribution in [0.2, 0.25) is 0 Å². The van der Waals surface area contributed by atoms with Crippen molar-refractivity contribution in [3.63, 3.8) is 0 Å². The van der Waals surface area contributed by atoms with Crippen molar-refractivity contribution >= 4 is 29.3 Å². The number of anilines is 2. The van der Waals surface area contributed by atoms with Crippen LogP contribution in [0.4, 0.5) is 25.0 Å². The average molecular weight is 502 g/mol. The number of halogens is 2. The Bertz CT molecular complexity index is 1120. The summed E-state index contributed by atoms with van der Waals surface area (Å²) in [6.45, 7) is 4.53. The zero-order chi connectivity index (χ0) is 25.7. The highest BCUT2D eigenvalue weighted by atomic mass is 19.1. The molecular formula is C25H29F2N5O4. The van der Waals surface area contributed by atoms with Gasteiger partial charge in [-0.15, -0.1) is 0 Å². The Kier molecular flexibility index (Phi) is 7.99. The van der Waals surface area contributed by atoms with Gasteiger partial charge in [0.15, 0.2) is 0 Å². The van der Waals surface area contributed by atoms with E-state index in [4.69, 9.17) is 4.74 Å². The number of piperazine rings is 1. The molecule has 2 aromatic rings. The number of rotatable bonds is 4. The van der Waals surface area contributed by atoms with Crippen LogP contribution in [0.5, 0.6) is 0 Å². The maximum atomic E-state index is 13.7. The maximum Gasteiger partial charge on any atom is 0.409 e. The largest absolute Gasteiger partial charge is 0.453 e. The summed E-state index contributed by atoms with van der Waals surface area (Å²) in [5.41, 5.74) is 1.21. The van der Waals surface area contributed by atoms with Crippen LogP contribution >= 0.6 is 0 Å². The quantitative estimate of drug-likeness (QED) is 0.669. The fourth-order valence-electron chi connectivity index (χ4n) is 4.44. The number of nitrogens with one attached hydrogen (secondary N) is 2. The highest BCUT2D eigenvalue weighted by Gasteiger charge is 2.24. The van der Waals surface area contributed by atoms with Gasteiger partial charge in [0.25, 0.3) is 11.8 Å². The summed E-state index contributed by atoms with van der Waals surface area (Å²) in [5.74, 6) is -2.59. The normalized spacial score (nSPS) is 16.4. The fourth-order valence-corrected chi connectivity index (χ4v) is 4.44. The van der Waals surface area contributed by atoms with Crippen molar-refractivity contribution in [2.24, 2.45) is 0 Å². The predicted molar refractivity (Wildman–Crippen MR) is 130 cm³/mol. The summed E-state index contributed by atoms with van der Waals surface area (Å²) < 4.78 is 32.3. The van der Waals surface area contributed by atoms with E-state index in [1.165, 1.54) is 7.11 Å². The first-order valence-electron chi connectivity index (χ1n) is 11.8. The van der Waals surface area contributed by atoms with E-state index < -0.39 is 23.6 Å². The molecule has 4 rings (SSSR count). The van der Waals surface area contributed by atoms with Gasteiger partial charge in [0.2, 0.25) is 0 Å². The topological polar surface area (TPSA) is 94.2 Å². The smallest absolute Gasteiger partial charge is 0.409 e. The number of benzene rings is 2. The molecule has 192 valence electrons. The van der Waals surface area contributed by atoms with E-state index in [2.05, 4.69) is 10.6 Å². The molecule has 0 bridgehead atoms. The van der Waals surface area contributed by atoms with Gasteiger partial charge in [-0.05, 0) is 36.8 Å². The minimum Gasteiger partial charge on any atom is -0.453 e. The summed E-state index contributed by atoms with van der Waals surface area (Å²) in [6, 6.07) is 7.66. The number of carbonyl (C=O) groups is 3. The minimum atomic E-state index is -0.863. The van der Waals surface area contributed by atoms with E-state index in [0.29, 0.717) is 81.8 Å². The number of amides is 3. The Labute approximate surface area is 208 Å². The van der Waals surface area contributed by atoms with Gasteiger partial charge in [-0.1, -0.05) is 0 Å². The second-order valence-corrected chi connectivity index (χ2v) is 8.68. The molecule has 0 aromatic heterocycles. The lowest BCUT2D eigenvalue weighted by atomic mass is 10.1. The molecule has 0 radical (unpaired) electrons. The van der Waals surface area contributed by atoms with E-state index in [9.17, 15) is 23.2 Å².